The molecule has 1 fully saturated rings. The number of benzene rings is 1. The average Bonchev–Trinajstić information content (AvgIpc) is 2.25. The third kappa shape index (κ3) is 1.40. The number of rotatable bonds is 1. The Morgan fingerprint density at radius 3 is 2.80 bits per heavy atom. The molecule has 1 unspecified atom stereocenters. The Kier molecular flexibility index (Phi) is 2.08. The van der Waals surface area contributed by atoms with Crippen molar-refractivity contribution in [2.24, 2.45) is 0 Å². The highest BCUT2D eigenvalue weighted by atomic mass is 16.3. The molecule has 1 heterocycles. The monoisotopic (exact) mass is 203 g/mol. The second-order valence-electron chi connectivity index (χ2n) is 4.85. The van der Waals surface area contributed by atoms with E-state index in [1.54, 1.807) is 0 Å². The van der Waals surface area contributed by atoms with E-state index in [0.717, 1.165) is 19.5 Å². The van der Waals surface area contributed by atoms with Crippen LogP contribution in [0.2, 0.25) is 0 Å². The van der Waals surface area contributed by atoms with E-state index in [1.807, 2.05) is 0 Å². The molecule has 1 aliphatic heterocycles. The van der Waals surface area contributed by atoms with Crippen molar-refractivity contribution in [3.8, 4) is 0 Å². The lowest BCUT2D eigenvalue weighted by atomic mass is 9.71. The number of nitrogens with one attached hydrogen (secondary N) is 1. The molecule has 1 aromatic carbocycles. The lowest BCUT2D eigenvalue weighted by Gasteiger charge is -2.46. The Labute approximate surface area is 90.3 Å². The number of fused-ring (bicyclic) bond motifs is 1. The molecule has 0 amide bonds. The van der Waals surface area contributed by atoms with Gasteiger partial charge in [0, 0.05) is 19.0 Å². The Balaban J connectivity index is 1.98. The molecule has 2 nitrogen and oxygen atoms in total. The third-order valence-corrected chi connectivity index (χ3v) is 3.88. The molecule has 1 aromatic rings. The van der Waals surface area contributed by atoms with Crippen molar-refractivity contribution in [2.45, 2.75) is 30.8 Å². The maximum Gasteiger partial charge on any atom is 0.0963 e. The molecule has 0 aromatic heterocycles. The summed E-state index contributed by atoms with van der Waals surface area (Å²) >= 11 is 0. The van der Waals surface area contributed by atoms with Gasteiger partial charge in [-0.25, -0.2) is 0 Å². The van der Waals surface area contributed by atoms with E-state index < -0.39 is 5.60 Å². The fourth-order valence-electron chi connectivity index (χ4n) is 2.94. The summed E-state index contributed by atoms with van der Waals surface area (Å²) in [4.78, 5) is 0. The van der Waals surface area contributed by atoms with Crippen LogP contribution in [0.15, 0.2) is 24.3 Å². The van der Waals surface area contributed by atoms with Crippen LogP contribution in [-0.2, 0) is 6.42 Å². The van der Waals surface area contributed by atoms with E-state index in [9.17, 15) is 5.11 Å². The number of hydrogen-bond donors (Lipinski definition) is 2. The zero-order valence-electron chi connectivity index (χ0n) is 8.87. The maximum absolute atomic E-state index is 10.4. The first-order chi connectivity index (χ1) is 7.30. The van der Waals surface area contributed by atoms with E-state index in [4.69, 9.17) is 0 Å². The van der Waals surface area contributed by atoms with Gasteiger partial charge < -0.3 is 10.4 Å². The molecule has 1 saturated heterocycles. The maximum atomic E-state index is 10.4. The zero-order chi connectivity index (χ0) is 10.3. The highest BCUT2D eigenvalue weighted by Gasteiger charge is 2.44. The highest BCUT2D eigenvalue weighted by Crippen LogP contribution is 2.40. The largest absolute Gasteiger partial charge is 0.387 e. The molecule has 3 rings (SSSR count). The van der Waals surface area contributed by atoms with Gasteiger partial charge in [0.2, 0.25) is 0 Å². The topological polar surface area (TPSA) is 32.3 Å². The Bertz CT molecular complexity index is 371. The number of aliphatic hydroxyl groups is 1. The molecule has 0 saturated carbocycles. The van der Waals surface area contributed by atoms with E-state index in [-0.39, 0.29) is 0 Å². The van der Waals surface area contributed by atoms with Crippen LogP contribution in [0.3, 0.4) is 0 Å². The Morgan fingerprint density at radius 1 is 1.27 bits per heavy atom. The molecule has 0 radical (unpaired) electrons. The minimum Gasteiger partial charge on any atom is -0.387 e. The Hall–Kier alpha value is -0.860. The van der Waals surface area contributed by atoms with Crippen molar-refractivity contribution >= 4 is 0 Å². The van der Waals surface area contributed by atoms with Crippen LogP contribution < -0.4 is 5.32 Å². The molecule has 1 atom stereocenters. The van der Waals surface area contributed by atoms with Crippen molar-refractivity contribution < 1.29 is 5.11 Å². The van der Waals surface area contributed by atoms with Crippen LogP contribution >= 0.6 is 0 Å². The summed E-state index contributed by atoms with van der Waals surface area (Å²) in [6, 6.07) is 8.59. The Morgan fingerprint density at radius 2 is 2.07 bits per heavy atom. The molecule has 0 spiro atoms. The molecular weight excluding hydrogens is 186 g/mol. The van der Waals surface area contributed by atoms with Crippen LogP contribution in [0.25, 0.3) is 0 Å². The van der Waals surface area contributed by atoms with Crippen LogP contribution in [0.5, 0.6) is 0 Å². The lowest BCUT2D eigenvalue weighted by molar-refractivity contribution is -0.0390. The first-order valence-corrected chi connectivity index (χ1v) is 5.80. The fraction of sp³-hybridized carbons (Fsp3) is 0.538. The normalized spacial score (nSPS) is 27.9. The lowest BCUT2D eigenvalue weighted by Crippen LogP contribution is -2.63. The van der Waals surface area contributed by atoms with E-state index >= 15 is 0 Å². The summed E-state index contributed by atoms with van der Waals surface area (Å²) in [5.41, 5.74) is 2.35. The minimum absolute atomic E-state index is 0.351. The number of β-amino-alcohol motifs (C(OH)–C–C–N with tert-alkyl or cyclic N) is 1. The molecule has 0 bridgehead atoms. The second kappa shape index (κ2) is 3.32. The van der Waals surface area contributed by atoms with E-state index in [0.29, 0.717) is 5.92 Å². The fourth-order valence-corrected chi connectivity index (χ4v) is 2.94. The van der Waals surface area contributed by atoms with Gasteiger partial charge in [0.15, 0.2) is 0 Å². The summed E-state index contributed by atoms with van der Waals surface area (Å²) in [5, 5.41) is 13.6. The third-order valence-electron chi connectivity index (χ3n) is 3.88. The molecule has 2 aliphatic rings. The van der Waals surface area contributed by atoms with Crippen molar-refractivity contribution in [3.05, 3.63) is 35.4 Å². The van der Waals surface area contributed by atoms with Gasteiger partial charge in [0.25, 0.3) is 0 Å². The molecule has 2 N–H and O–H groups in total. The predicted octanol–water partition coefficient (Wildman–Crippen LogP) is 1.44. The summed E-state index contributed by atoms with van der Waals surface area (Å²) < 4.78 is 0. The highest BCUT2D eigenvalue weighted by molar-refractivity contribution is 5.35. The minimum atomic E-state index is -0.476. The molecule has 15 heavy (non-hydrogen) atoms. The van der Waals surface area contributed by atoms with Gasteiger partial charge in [0.1, 0.15) is 0 Å². The van der Waals surface area contributed by atoms with E-state index in [2.05, 4.69) is 29.6 Å². The van der Waals surface area contributed by atoms with Crippen LogP contribution in [0.1, 0.15) is 29.9 Å². The SMILES string of the molecule is OC1(C2CCCc3ccccc32)CNC1. The van der Waals surface area contributed by atoms with Gasteiger partial charge in [0.05, 0.1) is 5.60 Å². The van der Waals surface area contributed by atoms with Gasteiger partial charge in [-0.05, 0) is 30.4 Å². The van der Waals surface area contributed by atoms with Gasteiger partial charge in [-0.15, -0.1) is 0 Å². The van der Waals surface area contributed by atoms with Gasteiger partial charge in [-0.1, -0.05) is 24.3 Å². The number of aryl methyl sites for hydroxylation is 1. The average molecular weight is 203 g/mol. The van der Waals surface area contributed by atoms with Crippen LogP contribution in [-0.4, -0.2) is 23.8 Å². The summed E-state index contributed by atoms with van der Waals surface area (Å²) in [7, 11) is 0. The molecule has 1 aliphatic carbocycles. The second-order valence-corrected chi connectivity index (χ2v) is 4.85. The summed E-state index contributed by atoms with van der Waals surface area (Å²) in [6.45, 7) is 1.51. The van der Waals surface area contributed by atoms with Crippen LogP contribution in [0.4, 0.5) is 0 Å². The van der Waals surface area contributed by atoms with Crippen molar-refractivity contribution in [1.29, 1.82) is 0 Å². The van der Waals surface area contributed by atoms with Crippen molar-refractivity contribution in [1.82, 2.24) is 5.32 Å². The van der Waals surface area contributed by atoms with Crippen LogP contribution in [0, 0.1) is 0 Å². The molecular formula is C13H17NO. The molecule has 80 valence electrons. The standard InChI is InChI=1S/C13H17NO/c15-13(8-14-9-13)12-7-3-5-10-4-1-2-6-11(10)12/h1-2,4,6,12,14-15H,3,5,7-9H2. The summed E-state index contributed by atoms with van der Waals surface area (Å²) in [6.07, 6.45) is 3.52. The first kappa shape index (κ1) is 9.37. The first-order valence-electron chi connectivity index (χ1n) is 5.80. The smallest absolute Gasteiger partial charge is 0.0963 e. The van der Waals surface area contributed by atoms with Gasteiger partial charge in [-0.3, -0.25) is 0 Å². The van der Waals surface area contributed by atoms with E-state index in [1.165, 1.54) is 24.0 Å². The van der Waals surface area contributed by atoms with Crippen molar-refractivity contribution in [3.63, 3.8) is 0 Å². The quantitative estimate of drug-likeness (QED) is 0.724. The van der Waals surface area contributed by atoms with Gasteiger partial charge in [-0.2, -0.15) is 0 Å². The molecule has 2 heteroatoms. The predicted molar refractivity (Wildman–Crippen MR) is 59.9 cm³/mol. The van der Waals surface area contributed by atoms with Crippen molar-refractivity contribution in [2.75, 3.05) is 13.1 Å². The van der Waals surface area contributed by atoms with Gasteiger partial charge >= 0.3 is 0 Å². The number of hydrogen-bond acceptors (Lipinski definition) is 2. The summed E-state index contributed by atoms with van der Waals surface area (Å²) in [5.74, 6) is 0.351. The zero-order valence-corrected chi connectivity index (χ0v) is 8.87.